The van der Waals surface area contributed by atoms with E-state index in [4.69, 9.17) is 11.5 Å². The number of hydrazine groups is 1. The van der Waals surface area contributed by atoms with Crippen molar-refractivity contribution in [1.29, 1.82) is 0 Å². The zero-order chi connectivity index (χ0) is 26.6. The summed E-state index contributed by atoms with van der Waals surface area (Å²) in [7, 11) is 0. The van der Waals surface area contributed by atoms with E-state index in [2.05, 4.69) is 20.6 Å². The Balaban J connectivity index is 1.58. The van der Waals surface area contributed by atoms with Crippen LogP contribution in [0.25, 0.3) is 10.9 Å². The average Bonchev–Trinajstić information content (AvgIpc) is 3.29. The SMILES string of the molecule is NC(=NCCC[C@H](NC(=O)[C@H](N)Cc1ccccc1)C(=O)NCCc1c[nH]c2ccccc12)N[N+](=O)[O-]. The number of benzene rings is 2. The molecule has 3 aromatic rings. The molecule has 0 aliphatic rings. The first-order valence-corrected chi connectivity index (χ1v) is 12.0. The molecule has 196 valence electrons. The van der Waals surface area contributed by atoms with Gasteiger partial charge in [-0.05, 0) is 42.9 Å². The summed E-state index contributed by atoms with van der Waals surface area (Å²) in [6.07, 6.45) is 3.46. The van der Waals surface area contributed by atoms with Crippen LogP contribution in [-0.4, -0.2) is 53.0 Å². The molecule has 2 amide bonds. The number of aliphatic imine (C=N–C) groups is 1. The van der Waals surface area contributed by atoms with Crippen molar-refractivity contribution >= 4 is 28.7 Å². The van der Waals surface area contributed by atoms with Gasteiger partial charge >= 0.3 is 0 Å². The summed E-state index contributed by atoms with van der Waals surface area (Å²) in [4.78, 5) is 43.3. The number of guanidine groups is 1. The van der Waals surface area contributed by atoms with E-state index < -0.39 is 23.0 Å². The number of rotatable bonds is 13. The lowest BCUT2D eigenvalue weighted by atomic mass is 10.0. The molecule has 1 heterocycles. The largest absolute Gasteiger partial charge is 0.365 e. The number of aromatic amines is 1. The van der Waals surface area contributed by atoms with Gasteiger partial charge in [-0.3, -0.25) is 9.59 Å². The van der Waals surface area contributed by atoms with E-state index in [1.165, 1.54) is 0 Å². The number of H-pyrrole nitrogens is 1. The number of amides is 2. The van der Waals surface area contributed by atoms with Gasteiger partial charge in [-0.1, -0.05) is 54.0 Å². The molecule has 0 spiro atoms. The summed E-state index contributed by atoms with van der Waals surface area (Å²) < 4.78 is 0. The Morgan fingerprint density at radius 1 is 1.08 bits per heavy atom. The topological polar surface area (TPSA) is 194 Å². The third-order valence-electron chi connectivity index (χ3n) is 5.78. The summed E-state index contributed by atoms with van der Waals surface area (Å²) in [5.41, 5.74) is 16.3. The van der Waals surface area contributed by atoms with Crippen molar-refractivity contribution in [2.75, 3.05) is 13.1 Å². The van der Waals surface area contributed by atoms with Gasteiger partial charge < -0.3 is 27.1 Å². The van der Waals surface area contributed by atoms with Crippen molar-refractivity contribution in [3.63, 3.8) is 0 Å². The first-order chi connectivity index (χ1) is 17.8. The molecule has 1 aromatic heterocycles. The normalized spacial score (nSPS) is 13.1. The Kier molecular flexibility index (Phi) is 9.97. The highest BCUT2D eigenvalue weighted by molar-refractivity contribution is 5.90. The average molecular weight is 509 g/mol. The van der Waals surface area contributed by atoms with E-state index >= 15 is 0 Å². The minimum atomic E-state index is -0.850. The van der Waals surface area contributed by atoms with Crippen LogP contribution in [0.5, 0.6) is 0 Å². The van der Waals surface area contributed by atoms with E-state index in [-0.39, 0.29) is 24.8 Å². The maximum absolute atomic E-state index is 13.0. The molecule has 0 unspecified atom stereocenters. The molecular formula is C25H32N8O4. The highest BCUT2D eigenvalue weighted by Gasteiger charge is 2.23. The number of carbonyl (C=O) groups excluding carboxylic acids is 2. The fourth-order valence-corrected chi connectivity index (χ4v) is 3.91. The van der Waals surface area contributed by atoms with Gasteiger partial charge in [0.1, 0.15) is 6.04 Å². The van der Waals surface area contributed by atoms with Crippen LogP contribution in [0.4, 0.5) is 0 Å². The van der Waals surface area contributed by atoms with Crippen molar-refractivity contribution in [2.45, 2.75) is 37.8 Å². The Hall–Kier alpha value is -4.45. The second-order valence-electron chi connectivity index (χ2n) is 8.54. The van der Waals surface area contributed by atoms with Gasteiger partial charge in [-0.25, -0.2) is 15.1 Å². The number of hydrogen-bond acceptors (Lipinski definition) is 6. The standard InChI is InChI=1S/C25H32N8O4/c26-20(15-17-7-2-1-3-8-17)23(34)31-22(11-6-13-29-25(27)32-33(36)37)24(35)28-14-12-18-16-30-21-10-5-4-9-19(18)21/h1-5,7-10,16,20,22,30H,6,11-15,26H2,(H,28,35)(H,31,34)(H3,27,29,32)/t20-,22+/m1/s1. The van der Waals surface area contributed by atoms with E-state index in [9.17, 15) is 19.7 Å². The first-order valence-electron chi connectivity index (χ1n) is 12.0. The Morgan fingerprint density at radius 2 is 1.81 bits per heavy atom. The molecule has 37 heavy (non-hydrogen) atoms. The number of nitrogens with zero attached hydrogens (tertiary/aromatic N) is 2. The Labute approximate surface area is 214 Å². The number of nitrogens with one attached hydrogen (secondary N) is 4. The number of para-hydroxylation sites is 1. The van der Waals surface area contributed by atoms with Gasteiger partial charge in [0.15, 0.2) is 5.03 Å². The van der Waals surface area contributed by atoms with E-state index in [0.29, 0.717) is 25.8 Å². The highest BCUT2D eigenvalue weighted by atomic mass is 16.7. The molecule has 8 N–H and O–H groups in total. The van der Waals surface area contributed by atoms with Crippen LogP contribution >= 0.6 is 0 Å². The second-order valence-corrected chi connectivity index (χ2v) is 8.54. The third kappa shape index (κ3) is 8.61. The summed E-state index contributed by atoms with van der Waals surface area (Å²) in [6, 6.07) is 15.6. The highest BCUT2D eigenvalue weighted by Crippen LogP contribution is 2.17. The van der Waals surface area contributed by atoms with Gasteiger partial charge in [0.25, 0.3) is 5.96 Å². The minimum absolute atomic E-state index is 0.137. The van der Waals surface area contributed by atoms with Crippen LogP contribution < -0.4 is 27.5 Å². The second kappa shape index (κ2) is 13.6. The van der Waals surface area contributed by atoms with Crippen LogP contribution in [0.1, 0.15) is 24.0 Å². The number of aromatic nitrogens is 1. The Bertz CT molecular complexity index is 1230. The van der Waals surface area contributed by atoms with Crippen LogP contribution in [0.2, 0.25) is 0 Å². The van der Waals surface area contributed by atoms with Crippen molar-refractivity contribution in [3.05, 3.63) is 82.0 Å². The number of carbonyl (C=O) groups is 2. The molecule has 2 atom stereocenters. The van der Waals surface area contributed by atoms with E-state index in [0.717, 1.165) is 22.0 Å². The monoisotopic (exact) mass is 508 g/mol. The molecule has 3 rings (SSSR count). The summed E-state index contributed by atoms with van der Waals surface area (Å²) in [5, 5.41) is 16.3. The molecule has 0 radical (unpaired) electrons. The fraction of sp³-hybridized carbons (Fsp3) is 0.320. The summed E-state index contributed by atoms with van der Waals surface area (Å²) in [5.74, 6) is -1.13. The lowest BCUT2D eigenvalue weighted by Crippen LogP contribution is -2.52. The first kappa shape index (κ1) is 27.1. The third-order valence-corrected chi connectivity index (χ3v) is 5.78. The number of nitrogens with two attached hydrogens (primary N) is 2. The van der Waals surface area contributed by atoms with Gasteiger partial charge in [-0.2, -0.15) is 0 Å². The van der Waals surface area contributed by atoms with Crippen LogP contribution in [0, 0.1) is 10.1 Å². The predicted molar refractivity (Wildman–Crippen MR) is 141 cm³/mol. The number of nitro groups is 1. The molecule has 12 heteroatoms. The van der Waals surface area contributed by atoms with Gasteiger partial charge in [0, 0.05) is 30.2 Å². The molecule has 0 aliphatic carbocycles. The lowest BCUT2D eigenvalue weighted by molar-refractivity contribution is -0.525. The maximum Gasteiger partial charge on any atom is 0.251 e. The minimum Gasteiger partial charge on any atom is -0.365 e. The van der Waals surface area contributed by atoms with Crippen LogP contribution in [0.3, 0.4) is 0 Å². The van der Waals surface area contributed by atoms with Crippen molar-refractivity contribution < 1.29 is 14.6 Å². The van der Waals surface area contributed by atoms with E-state index in [1.54, 1.807) is 5.43 Å². The summed E-state index contributed by atoms with van der Waals surface area (Å²) in [6.45, 7) is 0.513. The number of hydrogen-bond donors (Lipinski definition) is 6. The molecule has 0 bridgehead atoms. The zero-order valence-electron chi connectivity index (χ0n) is 20.4. The summed E-state index contributed by atoms with van der Waals surface area (Å²) >= 11 is 0. The van der Waals surface area contributed by atoms with Crippen LogP contribution in [-0.2, 0) is 22.4 Å². The quantitative estimate of drug-likeness (QED) is 0.0644. The van der Waals surface area contributed by atoms with Crippen molar-refractivity contribution in [2.24, 2.45) is 16.5 Å². The number of fused-ring (bicyclic) bond motifs is 1. The molecule has 2 aromatic carbocycles. The molecule has 12 nitrogen and oxygen atoms in total. The molecule has 0 saturated carbocycles. The van der Waals surface area contributed by atoms with Gasteiger partial charge in [0.2, 0.25) is 11.8 Å². The van der Waals surface area contributed by atoms with Crippen molar-refractivity contribution in [3.8, 4) is 0 Å². The zero-order valence-corrected chi connectivity index (χ0v) is 20.4. The lowest BCUT2D eigenvalue weighted by Gasteiger charge is -2.21. The van der Waals surface area contributed by atoms with Gasteiger partial charge in [0.05, 0.1) is 6.04 Å². The molecule has 0 fully saturated rings. The van der Waals surface area contributed by atoms with Crippen molar-refractivity contribution in [1.82, 2.24) is 21.0 Å². The fourth-order valence-electron chi connectivity index (χ4n) is 3.91. The van der Waals surface area contributed by atoms with E-state index in [1.807, 2.05) is 60.8 Å². The smallest absolute Gasteiger partial charge is 0.251 e. The predicted octanol–water partition coefficient (Wildman–Crippen LogP) is 0.758. The van der Waals surface area contributed by atoms with Gasteiger partial charge in [-0.15, -0.1) is 0 Å². The molecular weight excluding hydrogens is 476 g/mol. The maximum atomic E-state index is 13.0. The van der Waals surface area contributed by atoms with Crippen LogP contribution in [0.15, 0.2) is 65.8 Å². The Morgan fingerprint density at radius 3 is 2.57 bits per heavy atom. The molecule has 0 aliphatic heterocycles. The molecule has 0 saturated heterocycles.